The van der Waals surface area contributed by atoms with Crippen LogP contribution in [-0.4, -0.2) is 40.7 Å². The molecule has 1 aromatic heterocycles. The number of nitrogens with zero attached hydrogens (tertiary/aromatic N) is 2. The van der Waals surface area contributed by atoms with Gasteiger partial charge in [-0.15, -0.1) is 11.8 Å². The van der Waals surface area contributed by atoms with Crippen molar-refractivity contribution >= 4 is 46.2 Å². The highest BCUT2D eigenvalue weighted by atomic mass is 35.5. The molecule has 3 amide bonds. The molecular formula is C18H18ClN3O2S. The van der Waals surface area contributed by atoms with Crippen molar-refractivity contribution < 1.29 is 9.59 Å². The molecule has 4 rings (SSSR count). The Labute approximate surface area is 155 Å². The number of carbonyl (C=O) groups is 2. The van der Waals surface area contributed by atoms with Crippen LogP contribution in [0.3, 0.4) is 0 Å². The maximum Gasteiger partial charge on any atom is 0.324 e. The molecule has 1 N–H and O–H groups in total. The van der Waals surface area contributed by atoms with E-state index in [1.807, 2.05) is 18.2 Å². The lowest BCUT2D eigenvalue weighted by Gasteiger charge is -2.21. The monoisotopic (exact) mass is 375 g/mol. The number of nitrogens with one attached hydrogen (secondary N) is 1. The quantitative estimate of drug-likeness (QED) is 0.835. The van der Waals surface area contributed by atoms with E-state index in [-0.39, 0.29) is 17.7 Å². The van der Waals surface area contributed by atoms with E-state index in [1.165, 1.54) is 22.2 Å². The normalized spacial score (nSPS) is 16.8. The van der Waals surface area contributed by atoms with Crippen LogP contribution in [0.25, 0.3) is 10.9 Å². The van der Waals surface area contributed by atoms with Crippen LogP contribution in [0.2, 0.25) is 5.02 Å². The van der Waals surface area contributed by atoms with Crippen LogP contribution in [0.15, 0.2) is 23.1 Å². The Morgan fingerprint density at radius 3 is 2.96 bits per heavy atom. The second-order valence-electron chi connectivity index (χ2n) is 6.30. The van der Waals surface area contributed by atoms with E-state index in [4.69, 9.17) is 16.6 Å². The van der Waals surface area contributed by atoms with Gasteiger partial charge in [0.05, 0.1) is 11.3 Å². The minimum Gasteiger partial charge on any atom is -0.336 e. The smallest absolute Gasteiger partial charge is 0.324 e. The molecule has 0 radical (unpaired) electrons. The largest absolute Gasteiger partial charge is 0.336 e. The predicted molar refractivity (Wildman–Crippen MR) is 99.2 cm³/mol. The molecule has 0 saturated carbocycles. The topological polar surface area (TPSA) is 62.3 Å². The number of carbonyl (C=O) groups excluding carboxylic acids is 2. The average Bonchev–Trinajstić information content (AvgIpc) is 3.04. The number of pyridine rings is 1. The summed E-state index contributed by atoms with van der Waals surface area (Å²) >= 11 is 7.69. The van der Waals surface area contributed by atoms with Gasteiger partial charge in [0, 0.05) is 34.1 Å². The number of amides is 3. The summed E-state index contributed by atoms with van der Waals surface area (Å²) in [6.07, 6.45) is 4.24. The number of rotatable bonds is 3. The standard InChI is InChI=1S/C18H18ClN3O2S/c19-11-5-6-15-13(9-11)17(12-3-1-2-4-14(12)21-15)25-10-16(23)22-8-7-20-18(22)24/h5-6,9H,1-4,7-8,10H2,(H,20,24). The number of urea groups is 1. The first-order valence-electron chi connectivity index (χ1n) is 8.45. The lowest BCUT2D eigenvalue weighted by molar-refractivity contribution is -0.124. The molecule has 1 aliphatic carbocycles. The first-order chi connectivity index (χ1) is 12.1. The summed E-state index contributed by atoms with van der Waals surface area (Å²) < 4.78 is 0. The molecule has 0 unspecified atom stereocenters. The van der Waals surface area contributed by atoms with E-state index < -0.39 is 0 Å². The number of benzene rings is 1. The Morgan fingerprint density at radius 1 is 1.32 bits per heavy atom. The van der Waals surface area contributed by atoms with Gasteiger partial charge in [0.2, 0.25) is 5.91 Å². The molecular weight excluding hydrogens is 358 g/mol. The molecule has 130 valence electrons. The maximum absolute atomic E-state index is 12.4. The molecule has 2 aromatic rings. The van der Waals surface area contributed by atoms with Gasteiger partial charge in [-0.1, -0.05) is 11.6 Å². The van der Waals surface area contributed by atoms with Gasteiger partial charge in [-0.3, -0.25) is 14.7 Å². The highest BCUT2D eigenvalue weighted by Crippen LogP contribution is 2.37. The summed E-state index contributed by atoms with van der Waals surface area (Å²) in [7, 11) is 0. The van der Waals surface area contributed by atoms with Crippen LogP contribution in [0, 0.1) is 0 Å². The third-order valence-electron chi connectivity index (χ3n) is 4.67. The number of hydrogen-bond acceptors (Lipinski definition) is 4. The number of fused-ring (bicyclic) bond motifs is 2. The van der Waals surface area contributed by atoms with Crippen LogP contribution < -0.4 is 5.32 Å². The van der Waals surface area contributed by atoms with Gasteiger partial charge in [0.25, 0.3) is 0 Å². The highest BCUT2D eigenvalue weighted by Gasteiger charge is 2.27. The van der Waals surface area contributed by atoms with Gasteiger partial charge in [-0.25, -0.2) is 4.79 Å². The van der Waals surface area contributed by atoms with E-state index in [0.717, 1.165) is 47.2 Å². The highest BCUT2D eigenvalue weighted by molar-refractivity contribution is 8.00. The fraction of sp³-hybridized carbons (Fsp3) is 0.389. The fourth-order valence-electron chi connectivity index (χ4n) is 3.44. The van der Waals surface area contributed by atoms with Crippen LogP contribution in [0.4, 0.5) is 4.79 Å². The van der Waals surface area contributed by atoms with Gasteiger partial charge in [-0.05, 0) is 49.4 Å². The van der Waals surface area contributed by atoms with Crippen molar-refractivity contribution in [2.75, 3.05) is 18.8 Å². The van der Waals surface area contributed by atoms with E-state index in [2.05, 4.69) is 5.32 Å². The van der Waals surface area contributed by atoms with Gasteiger partial charge in [-0.2, -0.15) is 0 Å². The number of aromatic nitrogens is 1. The molecule has 0 spiro atoms. The number of halogens is 1. The molecule has 1 fully saturated rings. The number of thioether (sulfide) groups is 1. The zero-order valence-corrected chi connectivity index (χ0v) is 15.3. The summed E-state index contributed by atoms with van der Waals surface area (Å²) in [5.74, 6) is 0.0856. The second kappa shape index (κ2) is 6.84. The van der Waals surface area contributed by atoms with Crippen molar-refractivity contribution in [2.24, 2.45) is 0 Å². The summed E-state index contributed by atoms with van der Waals surface area (Å²) in [5, 5.41) is 4.33. The number of imide groups is 1. The van der Waals surface area contributed by atoms with Crippen LogP contribution in [0.5, 0.6) is 0 Å². The summed E-state index contributed by atoms with van der Waals surface area (Å²) in [6, 6.07) is 5.41. The Hall–Kier alpha value is -1.79. The molecule has 0 bridgehead atoms. The van der Waals surface area contributed by atoms with Crippen molar-refractivity contribution in [3.63, 3.8) is 0 Å². The Morgan fingerprint density at radius 2 is 2.16 bits per heavy atom. The zero-order chi connectivity index (χ0) is 17.4. The Balaban J connectivity index is 1.68. The minimum atomic E-state index is -0.296. The minimum absolute atomic E-state index is 0.156. The third kappa shape index (κ3) is 3.20. The van der Waals surface area contributed by atoms with E-state index in [9.17, 15) is 9.59 Å². The lowest BCUT2D eigenvalue weighted by Crippen LogP contribution is -2.35. The third-order valence-corrected chi connectivity index (χ3v) is 6.05. The molecule has 1 aromatic carbocycles. The number of hydrogen-bond donors (Lipinski definition) is 1. The van der Waals surface area contributed by atoms with Crippen molar-refractivity contribution in [1.82, 2.24) is 15.2 Å². The van der Waals surface area contributed by atoms with Gasteiger partial charge >= 0.3 is 6.03 Å². The second-order valence-corrected chi connectivity index (χ2v) is 7.72. The SMILES string of the molecule is O=C(CSc1c2c(nc3ccc(Cl)cc13)CCCC2)N1CCNC1=O. The first kappa shape index (κ1) is 16.7. The van der Waals surface area contributed by atoms with Gasteiger partial charge < -0.3 is 5.32 Å². The van der Waals surface area contributed by atoms with E-state index in [0.29, 0.717) is 18.1 Å². The van der Waals surface area contributed by atoms with Crippen LogP contribution in [-0.2, 0) is 17.6 Å². The Bertz CT molecular complexity index is 871. The van der Waals surface area contributed by atoms with Crippen molar-refractivity contribution in [1.29, 1.82) is 0 Å². The molecule has 5 nitrogen and oxygen atoms in total. The van der Waals surface area contributed by atoms with Crippen LogP contribution in [0.1, 0.15) is 24.1 Å². The molecule has 0 atom stereocenters. The van der Waals surface area contributed by atoms with Crippen molar-refractivity contribution in [3.8, 4) is 0 Å². The average molecular weight is 376 g/mol. The van der Waals surface area contributed by atoms with Crippen LogP contribution >= 0.6 is 23.4 Å². The van der Waals surface area contributed by atoms with E-state index >= 15 is 0 Å². The van der Waals surface area contributed by atoms with Crippen molar-refractivity contribution in [3.05, 3.63) is 34.5 Å². The predicted octanol–water partition coefficient (Wildman–Crippen LogP) is 3.41. The molecule has 7 heteroatoms. The molecule has 1 aliphatic heterocycles. The van der Waals surface area contributed by atoms with Gasteiger partial charge in [0.1, 0.15) is 0 Å². The maximum atomic E-state index is 12.4. The molecule has 1 saturated heterocycles. The number of aryl methyl sites for hydroxylation is 1. The van der Waals surface area contributed by atoms with E-state index in [1.54, 1.807) is 0 Å². The van der Waals surface area contributed by atoms with Gasteiger partial charge in [0.15, 0.2) is 0 Å². The fourth-order valence-corrected chi connectivity index (χ4v) is 4.75. The molecule has 25 heavy (non-hydrogen) atoms. The molecule has 2 aliphatic rings. The lowest BCUT2D eigenvalue weighted by atomic mass is 9.94. The first-order valence-corrected chi connectivity index (χ1v) is 9.82. The zero-order valence-electron chi connectivity index (χ0n) is 13.7. The van der Waals surface area contributed by atoms with Crippen molar-refractivity contribution in [2.45, 2.75) is 30.6 Å². The molecule has 2 heterocycles. The summed E-state index contributed by atoms with van der Waals surface area (Å²) in [6.45, 7) is 0.970. The summed E-state index contributed by atoms with van der Waals surface area (Å²) in [5.41, 5.74) is 3.29. The summed E-state index contributed by atoms with van der Waals surface area (Å²) in [4.78, 5) is 31.3. The Kier molecular flexibility index (Phi) is 4.56.